The molecule has 6 heteroatoms. The molecule has 0 aromatic rings. The Morgan fingerprint density at radius 3 is 2.10 bits per heavy atom. The van der Waals surface area contributed by atoms with Crippen molar-refractivity contribution in [1.29, 1.82) is 0 Å². The third-order valence-electron chi connectivity index (χ3n) is 1.01. The summed E-state index contributed by atoms with van der Waals surface area (Å²) in [5, 5.41) is 0.852. The molecule has 2 nitrogen and oxygen atoms in total. The van der Waals surface area contributed by atoms with Crippen LogP contribution in [-0.2, 0) is 9.84 Å². The lowest BCUT2D eigenvalue weighted by Crippen LogP contribution is -2.16. The molecule has 1 rings (SSSR count). The van der Waals surface area contributed by atoms with E-state index >= 15 is 0 Å². The van der Waals surface area contributed by atoms with Crippen LogP contribution in [0.4, 0.5) is 0 Å². The van der Waals surface area contributed by atoms with Gasteiger partial charge in [-0.3, -0.25) is 0 Å². The minimum atomic E-state index is -3.26. The zero-order valence-electron chi connectivity index (χ0n) is 4.64. The fourth-order valence-corrected chi connectivity index (χ4v) is 3.57. The molecule has 0 aromatic carbocycles. The van der Waals surface area contributed by atoms with Crippen molar-refractivity contribution in [2.75, 3.05) is 5.75 Å². The van der Waals surface area contributed by atoms with Gasteiger partial charge in [-0.05, 0) is 0 Å². The molecule has 1 aliphatic rings. The molecule has 1 heterocycles. The third kappa shape index (κ3) is 1.59. The Balaban J connectivity index is 3.12. The minimum Gasteiger partial charge on any atom is -0.224 e. The van der Waals surface area contributed by atoms with Gasteiger partial charge in [0.25, 0.3) is 0 Å². The van der Waals surface area contributed by atoms with Crippen LogP contribution >= 0.6 is 34.8 Å². The van der Waals surface area contributed by atoms with Gasteiger partial charge >= 0.3 is 0 Å². The summed E-state index contributed by atoms with van der Waals surface area (Å²) < 4.78 is 20.0. The molecular formula is C4H3Cl3O2S. The summed E-state index contributed by atoms with van der Waals surface area (Å²) in [6.07, 6.45) is 0. The summed E-state index contributed by atoms with van der Waals surface area (Å²) >= 11 is 16.4. The van der Waals surface area contributed by atoms with E-state index in [1.165, 1.54) is 0 Å². The lowest BCUT2D eigenvalue weighted by Gasteiger charge is -2.08. The van der Waals surface area contributed by atoms with Crippen LogP contribution in [0.3, 0.4) is 0 Å². The first kappa shape index (κ1) is 8.65. The van der Waals surface area contributed by atoms with Crippen molar-refractivity contribution >= 4 is 44.6 Å². The van der Waals surface area contributed by atoms with Gasteiger partial charge in [-0.25, -0.2) is 8.42 Å². The number of allylic oxidation sites excluding steroid dienone is 1. The largest absolute Gasteiger partial charge is 0.224 e. The Labute approximate surface area is 73.7 Å². The van der Waals surface area contributed by atoms with Crippen LogP contribution < -0.4 is 0 Å². The highest BCUT2D eigenvalue weighted by Crippen LogP contribution is 2.39. The van der Waals surface area contributed by atoms with Gasteiger partial charge in [-0.1, -0.05) is 34.8 Å². The maximum atomic E-state index is 10.7. The fraction of sp³-hybridized carbons (Fsp3) is 0.500. The quantitative estimate of drug-likeness (QED) is 0.583. The van der Waals surface area contributed by atoms with Crippen molar-refractivity contribution < 1.29 is 8.42 Å². The zero-order chi connectivity index (χ0) is 7.99. The Morgan fingerprint density at radius 2 is 2.00 bits per heavy atom. The average molecular weight is 221 g/mol. The molecule has 0 fully saturated rings. The number of sulfone groups is 1. The van der Waals surface area contributed by atoms with Crippen LogP contribution in [0.15, 0.2) is 10.4 Å². The van der Waals surface area contributed by atoms with E-state index < -0.39 is 14.2 Å². The predicted molar refractivity (Wildman–Crippen MR) is 42.2 cm³/mol. The summed E-state index contributed by atoms with van der Waals surface area (Å²) in [4.78, 5) is 0. The fourth-order valence-electron chi connectivity index (χ4n) is 0.607. The van der Waals surface area contributed by atoms with Gasteiger partial charge < -0.3 is 0 Å². The van der Waals surface area contributed by atoms with E-state index in [2.05, 4.69) is 0 Å². The Morgan fingerprint density at radius 1 is 1.50 bits per heavy atom. The standard InChI is InChI=1S/C4H3Cl3O2S/c5-3-1-10(8,9)2-4(3,6)7/h1H,2H2. The van der Waals surface area contributed by atoms with Crippen LogP contribution in [0.5, 0.6) is 0 Å². The zero-order valence-corrected chi connectivity index (χ0v) is 7.73. The maximum absolute atomic E-state index is 10.7. The van der Waals surface area contributed by atoms with Crippen LogP contribution in [0.1, 0.15) is 0 Å². The second-order valence-electron chi connectivity index (χ2n) is 1.98. The van der Waals surface area contributed by atoms with Crippen LogP contribution in [-0.4, -0.2) is 18.5 Å². The third-order valence-corrected chi connectivity index (χ3v) is 4.19. The highest BCUT2D eigenvalue weighted by atomic mass is 35.5. The Hall–Kier alpha value is 0.560. The van der Waals surface area contributed by atoms with E-state index in [-0.39, 0.29) is 10.8 Å². The molecule has 0 aromatic heterocycles. The topological polar surface area (TPSA) is 34.1 Å². The second kappa shape index (κ2) is 2.27. The van der Waals surface area contributed by atoms with Gasteiger partial charge in [-0.15, -0.1) is 0 Å². The lowest BCUT2D eigenvalue weighted by atomic mass is 10.5. The summed E-state index contributed by atoms with van der Waals surface area (Å²) in [5.74, 6) is -0.331. The maximum Gasteiger partial charge on any atom is 0.176 e. The summed E-state index contributed by atoms with van der Waals surface area (Å²) in [6, 6.07) is 0. The summed E-state index contributed by atoms with van der Waals surface area (Å²) in [7, 11) is -3.26. The van der Waals surface area contributed by atoms with E-state index in [1.807, 2.05) is 0 Å². The van der Waals surface area contributed by atoms with Crippen LogP contribution in [0.2, 0.25) is 0 Å². The number of hydrogen-bond donors (Lipinski definition) is 0. The van der Waals surface area contributed by atoms with E-state index in [9.17, 15) is 8.42 Å². The van der Waals surface area contributed by atoms with E-state index in [0.29, 0.717) is 0 Å². The minimum absolute atomic E-state index is 0.0316. The van der Waals surface area contributed by atoms with Crippen molar-refractivity contribution in [3.05, 3.63) is 10.4 Å². The summed E-state index contributed by atoms with van der Waals surface area (Å²) in [6.45, 7) is 0. The van der Waals surface area contributed by atoms with E-state index in [4.69, 9.17) is 34.8 Å². The number of rotatable bonds is 0. The second-order valence-corrected chi connectivity index (χ2v) is 5.72. The molecule has 0 amide bonds. The van der Waals surface area contributed by atoms with Gasteiger partial charge in [0.15, 0.2) is 14.2 Å². The van der Waals surface area contributed by atoms with E-state index in [1.54, 1.807) is 0 Å². The summed E-state index contributed by atoms with van der Waals surface area (Å²) in [5.41, 5.74) is 0. The molecule has 0 unspecified atom stereocenters. The van der Waals surface area contributed by atoms with E-state index in [0.717, 1.165) is 5.41 Å². The first-order chi connectivity index (χ1) is 4.33. The molecular weight excluding hydrogens is 218 g/mol. The van der Waals surface area contributed by atoms with Gasteiger partial charge in [0.05, 0.1) is 10.8 Å². The average Bonchev–Trinajstić information content (AvgIpc) is 1.73. The van der Waals surface area contributed by atoms with Crippen molar-refractivity contribution in [1.82, 2.24) is 0 Å². The van der Waals surface area contributed by atoms with Crippen LogP contribution in [0, 0.1) is 0 Å². The molecule has 0 N–H and O–H groups in total. The molecule has 0 radical (unpaired) electrons. The molecule has 0 spiro atoms. The van der Waals surface area contributed by atoms with Gasteiger partial charge in [0.2, 0.25) is 0 Å². The lowest BCUT2D eigenvalue weighted by molar-refractivity contribution is 0.606. The number of hydrogen-bond acceptors (Lipinski definition) is 2. The van der Waals surface area contributed by atoms with Gasteiger partial charge in [0, 0.05) is 5.41 Å². The smallest absolute Gasteiger partial charge is 0.176 e. The van der Waals surface area contributed by atoms with Gasteiger partial charge in [-0.2, -0.15) is 0 Å². The molecule has 10 heavy (non-hydrogen) atoms. The first-order valence-electron chi connectivity index (χ1n) is 2.32. The first-order valence-corrected chi connectivity index (χ1v) is 5.17. The Kier molecular flexibility index (Phi) is 1.97. The highest BCUT2D eigenvalue weighted by Gasteiger charge is 2.40. The van der Waals surface area contributed by atoms with Crippen molar-refractivity contribution in [2.24, 2.45) is 0 Å². The predicted octanol–water partition coefficient (Wildman–Crippen LogP) is 1.67. The van der Waals surface area contributed by atoms with Crippen molar-refractivity contribution in [2.45, 2.75) is 4.33 Å². The molecule has 0 saturated carbocycles. The number of alkyl halides is 2. The molecule has 0 saturated heterocycles. The molecule has 0 aliphatic carbocycles. The molecule has 58 valence electrons. The van der Waals surface area contributed by atoms with Gasteiger partial charge in [0.1, 0.15) is 0 Å². The van der Waals surface area contributed by atoms with Crippen molar-refractivity contribution in [3.63, 3.8) is 0 Å². The highest BCUT2D eigenvalue weighted by molar-refractivity contribution is 7.94. The normalized spacial score (nSPS) is 28.1. The number of halogens is 3. The van der Waals surface area contributed by atoms with Crippen molar-refractivity contribution in [3.8, 4) is 0 Å². The Bertz CT molecular complexity index is 277. The molecule has 0 bridgehead atoms. The monoisotopic (exact) mass is 220 g/mol. The molecule has 0 atom stereocenters. The SMILES string of the molecule is O=S1(=O)C=C(Cl)C(Cl)(Cl)C1. The molecule has 1 aliphatic heterocycles. The van der Waals surface area contributed by atoms with Crippen LogP contribution in [0.25, 0.3) is 0 Å².